The van der Waals surface area contributed by atoms with Crippen LogP contribution in [-0.4, -0.2) is 83.3 Å². The van der Waals surface area contributed by atoms with Gasteiger partial charge < -0.3 is 19.9 Å². The molecule has 4 rings (SSSR count). The van der Waals surface area contributed by atoms with Crippen molar-refractivity contribution >= 4 is 12.1 Å². The molecule has 0 bridgehead atoms. The summed E-state index contributed by atoms with van der Waals surface area (Å²) in [6.45, 7) is 7.54. The molecule has 3 aliphatic heterocycles. The number of nitrogens with zero attached hydrogens (tertiary/aromatic N) is 3. The Labute approximate surface area is 174 Å². The first-order valence-electron chi connectivity index (χ1n) is 11.2. The number of rotatable bonds is 3. The van der Waals surface area contributed by atoms with Crippen LogP contribution in [0.15, 0.2) is 0 Å². The predicted octanol–water partition coefficient (Wildman–Crippen LogP) is 2.41. The van der Waals surface area contributed by atoms with Crippen molar-refractivity contribution in [2.45, 2.75) is 82.5 Å². The molecule has 7 nitrogen and oxygen atoms in total. The molecule has 4 fully saturated rings. The second-order valence-electron chi connectivity index (χ2n) is 9.18. The maximum Gasteiger partial charge on any atom is 0.410 e. The average molecular weight is 403 g/mol. The van der Waals surface area contributed by atoms with Gasteiger partial charge in [-0.2, -0.15) is 0 Å². The highest BCUT2D eigenvalue weighted by Gasteiger charge is 2.47. The first-order chi connectivity index (χ1) is 14.0. The molecule has 3 heterocycles. The molecule has 0 spiro atoms. The van der Waals surface area contributed by atoms with Gasteiger partial charge in [-0.25, -0.2) is 9.59 Å². The van der Waals surface area contributed by atoms with Gasteiger partial charge in [-0.05, 0) is 46.0 Å². The first-order valence-corrected chi connectivity index (χ1v) is 11.2. The lowest BCUT2D eigenvalue weighted by atomic mass is 9.88. The summed E-state index contributed by atoms with van der Waals surface area (Å²) in [5, 5.41) is 3.22. The van der Waals surface area contributed by atoms with Crippen LogP contribution in [0.4, 0.5) is 9.59 Å². The molecule has 1 aliphatic carbocycles. The molecule has 0 aromatic rings. The lowest BCUT2D eigenvalue weighted by molar-refractivity contribution is 0.0430. The van der Waals surface area contributed by atoms with Gasteiger partial charge in [-0.15, -0.1) is 5.92 Å². The van der Waals surface area contributed by atoms with Gasteiger partial charge >= 0.3 is 12.1 Å². The van der Waals surface area contributed by atoms with Crippen LogP contribution in [0.5, 0.6) is 0 Å². The molecule has 3 atom stereocenters. The monoisotopic (exact) mass is 402 g/mol. The zero-order chi connectivity index (χ0) is 20.4. The molecule has 0 radical (unpaired) electrons. The number of hydrogen-bond acceptors (Lipinski definition) is 4. The fourth-order valence-corrected chi connectivity index (χ4v) is 5.74. The third-order valence-corrected chi connectivity index (χ3v) is 7.41. The van der Waals surface area contributed by atoms with Crippen molar-refractivity contribution in [2.75, 3.05) is 32.8 Å². The SMILES string of the molecule is CC#CCOC(=O)N1CCC(C)(N2CCC(N3C(=O)N[C@H]4CCCC[C@@H]43)CC2)C1. The van der Waals surface area contributed by atoms with Gasteiger partial charge in [0, 0.05) is 37.8 Å². The third-order valence-electron chi connectivity index (χ3n) is 7.41. The summed E-state index contributed by atoms with van der Waals surface area (Å²) in [6, 6.07) is 1.25. The van der Waals surface area contributed by atoms with E-state index in [-0.39, 0.29) is 24.3 Å². The van der Waals surface area contributed by atoms with Crippen molar-refractivity contribution in [1.29, 1.82) is 0 Å². The molecule has 1 unspecified atom stereocenters. The van der Waals surface area contributed by atoms with Crippen molar-refractivity contribution in [1.82, 2.24) is 20.0 Å². The average Bonchev–Trinajstić information content (AvgIpc) is 3.29. The molecule has 1 saturated carbocycles. The maximum absolute atomic E-state index is 12.6. The van der Waals surface area contributed by atoms with Crippen molar-refractivity contribution in [3.8, 4) is 11.8 Å². The normalized spacial score (nSPS) is 33.1. The standard InChI is InChI=1S/C22H34N4O3/c1-3-4-15-29-21(28)24-14-11-22(2,16-24)25-12-9-17(10-13-25)26-19-8-6-5-7-18(19)23-20(26)27/h17-19H,5-16H2,1-2H3,(H,23,27)/t18-,19-,22?/m0/s1. The van der Waals surface area contributed by atoms with E-state index in [0.29, 0.717) is 24.7 Å². The Morgan fingerprint density at radius 2 is 1.97 bits per heavy atom. The molecule has 29 heavy (non-hydrogen) atoms. The topological polar surface area (TPSA) is 65.1 Å². The highest BCUT2D eigenvalue weighted by atomic mass is 16.6. The van der Waals surface area contributed by atoms with Crippen LogP contribution >= 0.6 is 0 Å². The van der Waals surface area contributed by atoms with Gasteiger partial charge in [-0.1, -0.05) is 18.8 Å². The lowest BCUT2D eigenvalue weighted by Gasteiger charge is -2.45. The molecule has 7 heteroatoms. The fourth-order valence-electron chi connectivity index (χ4n) is 5.74. The lowest BCUT2D eigenvalue weighted by Crippen LogP contribution is -2.56. The number of nitrogens with one attached hydrogen (secondary N) is 1. The smallest absolute Gasteiger partial charge is 0.410 e. The van der Waals surface area contributed by atoms with Crippen LogP contribution in [-0.2, 0) is 4.74 Å². The number of fused-ring (bicyclic) bond motifs is 1. The number of amides is 3. The van der Waals surface area contributed by atoms with E-state index >= 15 is 0 Å². The summed E-state index contributed by atoms with van der Waals surface area (Å²) in [5.74, 6) is 5.52. The van der Waals surface area contributed by atoms with Crippen LogP contribution in [0.25, 0.3) is 0 Å². The predicted molar refractivity (Wildman–Crippen MR) is 110 cm³/mol. The highest BCUT2D eigenvalue weighted by Crippen LogP contribution is 2.35. The van der Waals surface area contributed by atoms with Crippen LogP contribution in [0.2, 0.25) is 0 Å². The van der Waals surface area contributed by atoms with E-state index in [1.54, 1.807) is 6.92 Å². The number of likely N-dealkylation sites (tertiary alicyclic amines) is 2. The van der Waals surface area contributed by atoms with Crippen molar-refractivity contribution < 1.29 is 14.3 Å². The largest absolute Gasteiger partial charge is 0.436 e. The van der Waals surface area contributed by atoms with E-state index in [1.807, 2.05) is 4.90 Å². The zero-order valence-corrected chi connectivity index (χ0v) is 17.8. The van der Waals surface area contributed by atoms with Crippen LogP contribution in [0.3, 0.4) is 0 Å². The number of urea groups is 1. The number of piperidine rings is 1. The number of ether oxygens (including phenoxy) is 1. The van der Waals surface area contributed by atoms with E-state index in [1.165, 1.54) is 12.8 Å². The Morgan fingerprint density at radius 3 is 2.72 bits per heavy atom. The third kappa shape index (κ3) is 4.05. The number of hydrogen-bond donors (Lipinski definition) is 1. The molecule has 0 aromatic heterocycles. The molecule has 3 saturated heterocycles. The maximum atomic E-state index is 12.6. The second kappa shape index (κ2) is 8.43. The van der Waals surface area contributed by atoms with Gasteiger partial charge in [0.05, 0.1) is 12.1 Å². The van der Waals surface area contributed by atoms with Crippen LogP contribution in [0, 0.1) is 11.8 Å². The minimum Gasteiger partial charge on any atom is -0.436 e. The van der Waals surface area contributed by atoms with Gasteiger partial charge in [0.1, 0.15) is 0 Å². The molecule has 3 amide bonds. The molecule has 1 N–H and O–H groups in total. The summed E-state index contributed by atoms with van der Waals surface area (Å²) >= 11 is 0. The van der Waals surface area contributed by atoms with E-state index in [0.717, 1.165) is 51.7 Å². The Morgan fingerprint density at radius 1 is 1.21 bits per heavy atom. The Balaban J connectivity index is 1.31. The van der Waals surface area contributed by atoms with Crippen molar-refractivity contribution in [3.05, 3.63) is 0 Å². The van der Waals surface area contributed by atoms with Gasteiger partial charge in [0.25, 0.3) is 0 Å². The second-order valence-corrected chi connectivity index (χ2v) is 9.18. The van der Waals surface area contributed by atoms with E-state index in [4.69, 9.17) is 4.74 Å². The van der Waals surface area contributed by atoms with Crippen molar-refractivity contribution in [3.63, 3.8) is 0 Å². The first kappa shape index (κ1) is 20.3. The van der Waals surface area contributed by atoms with E-state index < -0.39 is 0 Å². The summed E-state index contributed by atoms with van der Waals surface area (Å²) < 4.78 is 5.24. The summed E-state index contributed by atoms with van der Waals surface area (Å²) in [5.41, 5.74) is -0.0128. The molecule has 0 aromatic carbocycles. The minimum atomic E-state index is -0.261. The number of carbonyl (C=O) groups excluding carboxylic acids is 2. The molecular weight excluding hydrogens is 368 g/mol. The van der Waals surface area contributed by atoms with Gasteiger partial charge in [0.15, 0.2) is 6.61 Å². The van der Waals surface area contributed by atoms with E-state index in [9.17, 15) is 9.59 Å². The molecule has 4 aliphatic rings. The Kier molecular flexibility index (Phi) is 5.91. The Bertz CT molecular complexity index is 694. The van der Waals surface area contributed by atoms with Gasteiger partial charge in [0.2, 0.25) is 0 Å². The van der Waals surface area contributed by atoms with Gasteiger partial charge in [-0.3, -0.25) is 4.90 Å². The summed E-state index contributed by atoms with van der Waals surface area (Å²) in [4.78, 5) is 31.4. The summed E-state index contributed by atoms with van der Waals surface area (Å²) in [7, 11) is 0. The summed E-state index contributed by atoms with van der Waals surface area (Å²) in [6.07, 6.45) is 7.46. The molecular formula is C22H34N4O3. The fraction of sp³-hybridized carbons (Fsp3) is 0.818. The van der Waals surface area contributed by atoms with Crippen LogP contribution in [0.1, 0.15) is 58.8 Å². The van der Waals surface area contributed by atoms with E-state index in [2.05, 4.69) is 33.9 Å². The van der Waals surface area contributed by atoms with Crippen LogP contribution < -0.4 is 5.32 Å². The minimum absolute atomic E-state index is 0.0128. The van der Waals surface area contributed by atoms with Crippen molar-refractivity contribution in [2.24, 2.45) is 0 Å². The number of carbonyl (C=O) groups is 2. The zero-order valence-electron chi connectivity index (χ0n) is 17.8. The molecule has 160 valence electrons. The highest BCUT2D eigenvalue weighted by molar-refractivity contribution is 5.78. The Hall–Kier alpha value is -1.94. The quantitative estimate of drug-likeness (QED) is 0.737.